The summed E-state index contributed by atoms with van der Waals surface area (Å²) in [7, 11) is 0. The van der Waals surface area contributed by atoms with Gasteiger partial charge >= 0.3 is 0 Å². The van der Waals surface area contributed by atoms with E-state index in [1.54, 1.807) is 6.07 Å². The van der Waals surface area contributed by atoms with Crippen molar-refractivity contribution in [3.63, 3.8) is 0 Å². The zero-order chi connectivity index (χ0) is 12.3. The minimum atomic E-state index is -0.205. The van der Waals surface area contributed by atoms with E-state index in [0.29, 0.717) is 5.56 Å². The molecule has 0 spiro atoms. The molecule has 1 aliphatic rings. The van der Waals surface area contributed by atoms with Crippen LogP contribution < -0.4 is 0 Å². The van der Waals surface area contributed by atoms with E-state index in [9.17, 15) is 4.39 Å². The van der Waals surface area contributed by atoms with E-state index >= 15 is 0 Å². The number of hydrogen-bond acceptors (Lipinski definition) is 2. The van der Waals surface area contributed by atoms with Crippen molar-refractivity contribution in [1.82, 2.24) is 0 Å². The maximum atomic E-state index is 13.5. The van der Waals surface area contributed by atoms with E-state index in [0.717, 1.165) is 21.6 Å². The molecule has 90 valence electrons. The number of aryl methyl sites for hydroxylation is 1. The van der Waals surface area contributed by atoms with Crippen LogP contribution in [-0.2, 0) is 11.3 Å². The van der Waals surface area contributed by atoms with Crippen LogP contribution in [0.3, 0.4) is 0 Å². The number of halogens is 2. The SMILES string of the molecule is Cc1ccc(COC2=CCC(Br)=CS2)c(F)c1. The molecule has 0 saturated heterocycles. The first-order chi connectivity index (χ1) is 8.15. The van der Waals surface area contributed by atoms with Gasteiger partial charge in [-0.05, 0) is 30.0 Å². The van der Waals surface area contributed by atoms with Crippen LogP contribution in [0.2, 0.25) is 0 Å². The summed E-state index contributed by atoms with van der Waals surface area (Å²) in [6.07, 6.45) is 2.82. The third-order valence-corrected chi connectivity index (χ3v) is 4.12. The van der Waals surface area contributed by atoms with E-state index in [1.807, 2.05) is 24.5 Å². The summed E-state index contributed by atoms with van der Waals surface area (Å²) >= 11 is 4.92. The first kappa shape index (κ1) is 12.7. The number of rotatable bonds is 3. The van der Waals surface area contributed by atoms with Crippen molar-refractivity contribution in [3.8, 4) is 0 Å². The average molecular weight is 315 g/mol. The quantitative estimate of drug-likeness (QED) is 0.787. The molecule has 0 unspecified atom stereocenters. The summed E-state index contributed by atoms with van der Waals surface area (Å²) in [6.45, 7) is 2.14. The van der Waals surface area contributed by atoms with Crippen molar-refractivity contribution in [3.05, 3.63) is 56.2 Å². The standard InChI is InChI=1S/C13H12BrFOS/c1-9-2-3-10(12(15)6-9)7-16-13-5-4-11(14)8-17-13/h2-3,5-6,8H,4,7H2,1H3. The van der Waals surface area contributed by atoms with Gasteiger partial charge in [0, 0.05) is 16.5 Å². The minimum absolute atomic E-state index is 0.205. The van der Waals surface area contributed by atoms with Crippen LogP contribution in [0.4, 0.5) is 4.39 Å². The molecule has 0 bridgehead atoms. The maximum absolute atomic E-state index is 13.5. The lowest BCUT2D eigenvalue weighted by Gasteiger charge is -2.12. The Labute approximate surface area is 113 Å². The van der Waals surface area contributed by atoms with E-state index in [-0.39, 0.29) is 12.4 Å². The maximum Gasteiger partial charge on any atom is 0.154 e. The second-order valence-corrected chi connectivity index (χ2v) is 5.69. The van der Waals surface area contributed by atoms with E-state index in [4.69, 9.17) is 4.74 Å². The number of hydrogen-bond donors (Lipinski definition) is 0. The fourth-order valence-electron chi connectivity index (χ4n) is 1.41. The van der Waals surface area contributed by atoms with Crippen LogP contribution in [0, 0.1) is 12.7 Å². The highest BCUT2D eigenvalue weighted by Crippen LogP contribution is 2.31. The Bertz CT molecular complexity index is 482. The molecule has 1 aromatic rings. The summed E-state index contributed by atoms with van der Waals surface area (Å²) < 4.78 is 20.2. The Morgan fingerprint density at radius 1 is 1.47 bits per heavy atom. The van der Waals surface area contributed by atoms with Gasteiger partial charge in [0.05, 0.1) is 0 Å². The highest BCUT2D eigenvalue weighted by atomic mass is 79.9. The normalized spacial score (nSPS) is 15.2. The lowest BCUT2D eigenvalue weighted by atomic mass is 10.1. The Morgan fingerprint density at radius 2 is 2.29 bits per heavy atom. The fourth-order valence-corrected chi connectivity index (χ4v) is 2.50. The Morgan fingerprint density at radius 3 is 2.94 bits per heavy atom. The highest BCUT2D eigenvalue weighted by molar-refractivity contribution is 9.11. The summed E-state index contributed by atoms with van der Waals surface area (Å²) in [4.78, 5) is 0. The van der Waals surface area contributed by atoms with Crippen molar-refractivity contribution in [2.75, 3.05) is 0 Å². The van der Waals surface area contributed by atoms with Gasteiger partial charge < -0.3 is 4.74 Å². The molecule has 0 aromatic heterocycles. The van der Waals surface area contributed by atoms with Gasteiger partial charge in [0.2, 0.25) is 0 Å². The summed E-state index contributed by atoms with van der Waals surface area (Å²) in [5.41, 5.74) is 1.51. The lowest BCUT2D eigenvalue weighted by molar-refractivity contribution is 0.220. The zero-order valence-corrected chi connectivity index (χ0v) is 11.8. The zero-order valence-electron chi connectivity index (χ0n) is 9.37. The van der Waals surface area contributed by atoms with Crippen LogP contribution in [0.5, 0.6) is 0 Å². The summed E-state index contributed by atoms with van der Waals surface area (Å²) in [6, 6.07) is 5.18. The van der Waals surface area contributed by atoms with Gasteiger partial charge in [0.15, 0.2) is 5.09 Å². The average Bonchev–Trinajstić information content (AvgIpc) is 2.30. The second-order valence-electron chi connectivity index (χ2n) is 3.79. The summed E-state index contributed by atoms with van der Waals surface area (Å²) in [5, 5.41) is 2.81. The second kappa shape index (κ2) is 5.74. The van der Waals surface area contributed by atoms with Crippen LogP contribution in [0.15, 0.2) is 39.3 Å². The molecule has 0 aliphatic carbocycles. The van der Waals surface area contributed by atoms with Crippen LogP contribution in [0.25, 0.3) is 0 Å². The molecular formula is C13H12BrFOS. The number of thioether (sulfide) groups is 1. The van der Waals surface area contributed by atoms with Crippen LogP contribution in [0.1, 0.15) is 17.5 Å². The molecule has 0 radical (unpaired) electrons. The van der Waals surface area contributed by atoms with Crippen molar-refractivity contribution >= 4 is 27.7 Å². The molecule has 1 aromatic carbocycles. The van der Waals surface area contributed by atoms with Gasteiger partial charge in [0.1, 0.15) is 12.4 Å². The van der Waals surface area contributed by atoms with E-state index in [1.165, 1.54) is 17.8 Å². The third-order valence-electron chi connectivity index (χ3n) is 2.35. The van der Waals surface area contributed by atoms with Gasteiger partial charge in [-0.3, -0.25) is 0 Å². The first-order valence-electron chi connectivity index (χ1n) is 5.24. The molecule has 4 heteroatoms. The van der Waals surface area contributed by atoms with Gasteiger partial charge in [-0.2, -0.15) is 0 Å². The molecule has 0 atom stereocenters. The largest absolute Gasteiger partial charge is 0.483 e. The van der Waals surface area contributed by atoms with Gasteiger partial charge in [-0.1, -0.05) is 39.8 Å². The van der Waals surface area contributed by atoms with Crippen molar-refractivity contribution < 1.29 is 9.13 Å². The van der Waals surface area contributed by atoms with Crippen molar-refractivity contribution in [2.24, 2.45) is 0 Å². The monoisotopic (exact) mass is 314 g/mol. The molecule has 1 nitrogen and oxygen atoms in total. The molecule has 2 rings (SSSR count). The first-order valence-corrected chi connectivity index (χ1v) is 6.91. The van der Waals surface area contributed by atoms with E-state index in [2.05, 4.69) is 15.9 Å². The van der Waals surface area contributed by atoms with E-state index < -0.39 is 0 Å². The molecule has 0 saturated carbocycles. The molecule has 1 heterocycles. The highest BCUT2D eigenvalue weighted by Gasteiger charge is 2.07. The molecule has 1 aliphatic heterocycles. The minimum Gasteiger partial charge on any atom is -0.483 e. The fraction of sp³-hybridized carbons (Fsp3) is 0.231. The molecule has 0 fully saturated rings. The van der Waals surface area contributed by atoms with Gasteiger partial charge in [0.25, 0.3) is 0 Å². The van der Waals surface area contributed by atoms with Crippen LogP contribution >= 0.6 is 27.7 Å². The Kier molecular flexibility index (Phi) is 4.29. The predicted octanol–water partition coefficient (Wildman–Crippen LogP) is 4.87. The smallest absolute Gasteiger partial charge is 0.154 e. The molecule has 17 heavy (non-hydrogen) atoms. The Balaban J connectivity index is 1.94. The molecule has 0 amide bonds. The number of ether oxygens (including phenoxy) is 1. The van der Waals surface area contributed by atoms with Crippen molar-refractivity contribution in [1.29, 1.82) is 0 Å². The topological polar surface area (TPSA) is 9.23 Å². The lowest BCUT2D eigenvalue weighted by Crippen LogP contribution is -1.96. The number of benzene rings is 1. The van der Waals surface area contributed by atoms with Crippen LogP contribution in [-0.4, -0.2) is 0 Å². The predicted molar refractivity (Wildman–Crippen MR) is 73.2 cm³/mol. The summed E-state index contributed by atoms with van der Waals surface area (Å²) in [5.74, 6) is -0.205. The molecular weight excluding hydrogens is 303 g/mol. The Hall–Kier alpha value is -0.740. The van der Waals surface area contributed by atoms with Crippen molar-refractivity contribution in [2.45, 2.75) is 20.0 Å². The van der Waals surface area contributed by atoms with Gasteiger partial charge in [-0.15, -0.1) is 0 Å². The van der Waals surface area contributed by atoms with Gasteiger partial charge in [-0.25, -0.2) is 4.39 Å². The number of allylic oxidation sites excluding steroid dienone is 2. The third kappa shape index (κ3) is 3.61. The molecule has 0 N–H and O–H groups in total.